The minimum atomic E-state index is 0. The molecule has 1 heteroatoms. The van der Waals surface area contributed by atoms with Gasteiger partial charge >= 0.3 is 0 Å². The van der Waals surface area contributed by atoms with Crippen LogP contribution in [0, 0.1) is 13.8 Å². The SMILES string of the molecule is C.Cc1cc(C(C)(C)C)cc(C)c1O. The zero-order valence-electron chi connectivity index (χ0n) is 9.10. The third-order valence-corrected chi connectivity index (χ3v) is 2.36. The predicted octanol–water partition coefficient (Wildman–Crippen LogP) is 3.94. The van der Waals surface area contributed by atoms with Crippen molar-refractivity contribution in [2.24, 2.45) is 0 Å². The number of hydrogen-bond acceptors (Lipinski definition) is 1. The Bertz CT molecular complexity index is 295. The van der Waals surface area contributed by atoms with E-state index < -0.39 is 0 Å². The molecule has 0 bridgehead atoms. The fourth-order valence-electron chi connectivity index (χ4n) is 1.39. The molecule has 1 nitrogen and oxygen atoms in total. The Kier molecular flexibility index (Phi) is 3.75. The van der Waals surface area contributed by atoms with Gasteiger partial charge in [-0.05, 0) is 36.0 Å². The van der Waals surface area contributed by atoms with Crippen molar-refractivity contribution >= 4 is 0 Å². The average Bonchev–Trinajstić information content (AvgIpc) is 1.97. The standard InChI is InChI=1S/C12H18O.CH4/c1-8-6-10(12(3,4)5)7-9(2)11(8)13;/h6-7,13H,1-5H3;1H4. The predicted molar refractivity (Wildman–Crippen MR) is 63.0 cm³/mol. The quantitative estimate of drug-likeness (QED) is 0.663. The Labute approximate surface area is 87.8 Å². The molecular formula is C13H22O. The molecule has 1 rings (SSSR count). The number of phenols is 1. The number of aryl methyl sites for hydroxylation is 2. The molecule has 0 spiro atoms. The monoisotopic (exact) mass is 194 g/mol. The first-order valence-corrected chi connectivity index (χ1v) is 4.63. The maximum atomic E-state index is 9.60. The van der Waals surface area contributed by atoms with Gasteiger partial charge in [0.1, 0.15) is 5.75 Å². The summed E-state index contributed by atoms with van der Waals surface area (Å²) in [5.74, 6) is 0.424. The summed E-state index contributed by atoms with van der Waals surface area (Å²) in [6, 6.07) is 4.12. The molecule has 0 aliphatic carbocycles. The van der Waals surface area contributed by atoms with E-state index in [0.29, 0.717) is 5.75 Å². The van der Waals surface area contributed by atoms with Crippen LogP contribution < -0.4 is 0 Å². The fraction of sp³-hybridized carbons (Fsp3) is 0.538. The molecule has 0 saturated carbocycles. The molecular weight excluding hydrogens is 172 g/mol. The Hall–Kier alpha value is -0.980. The summed E-state index contributed by atoms with van der Waals surface area (Å²) >= 11 is 0. The van der Waals surface area contributed by atoms with Gasteiger partial charge < -0.3 is 5.11 Å². The summed E-state index contributed by atoms with van der Waals surface area (Å²) in [6.45, 7) is 10.4. The van der Waals surface area contributed by atoms with Gasteiger partial charge in [0, 0.05) is 0 Å². The average molecular weight is 194 g/mol. The molecule has 14 heavy (non-hydrogen) atoms. The summed E-state index contributed by atoms with van der Waals surface area (Å²) in [6.07, 6.45) is 0. The summed E-state index contributed by atoms with van der Waals surface area (Å²) in [4.78, 5) is 0. The first kappa shape index (κ1) is 13.0. The van der Waals surface area contributed by atoms with Gasteiger partial charge in [-0.1, -0.05) is 40.3 Å². The van der Waals surface area contributed by atoms with Gasteiger partial charge in [0.2, 0.25) is 0 Å². The van der Waals surface area contributed by atoms with E-state index in [0.717, 1.165) is 11.1 Å². The summed E-state index contributed by atoms with van der Waals surface area (Å²) in [5, 5.41) is 9.60. The van der Waals surface area contributed by atoms with Crippen LogP contribution in [0.25, 0.3) is 0 Å². The Morgan fingerprint density at radius 3 is 1.64 bits per heavy atom. The first-order chi connectivity index (χ1) is 5.82. The Balaban J connectivity index is 0.00000169. The molecule has 0 amide bonds. The van der Waals surface area contributed by atoms with Crippen molar-refractivity contribution in [1.82, 2.24) is 0 Å². The second kappa shape index (κ2) is 4.04. The highest BCUT2D eigenvalue weighted by molar-refractivity contribution is 5.44. The van der Waals surface area contributed by atoms with Crippen LogP contribution in [0.2, 0.25) is 0 Å². The zero-order chi connectivity index (χ0) is 10.2. The smallest absolute Gasteiger partial charge is 0.121 e. The molecule has 0 heterocycles. The van der Waals surface area contributed by atoms with Gasteiger partial charge in [-0.25, -0.2) is 0 Å². The van der Waals surface area contributed by atoms with Gasteiger partial charge in [-0.2, -0.15) is 0 Å². The summed E-state index contributed by atoms with van der Waals surface area (Å²) in [7, 11) is 0. The van der Waals surface area contributed by atoms with E-state index in [4.69, 9.17) is 0 Å². The molecule has 0 aromatic heterocycles. The molecule has 0 unspecified atom stereocenters. The lowest BCUT2D eigenvalue weighted by Gasteiger charge is -2.20. The maximum Gasteiger partial charge on any atom is 0.121 e. The number of aromatic hydroxyl groups is 1. The zero-order valence-corrected chi connectivity index (χ0v) is 9.10. The van der Waals surface area contributed by atoms with Crippen molar-refractivity contribution < 1.29 is 5.11 Å². The van der Waals surface area contributed by atoms with E-state index >= 15 is 0 Å². The van der Waals surface area contributed by atoms with Crippen LogP contribution in [0.15, 0.2) is 12.1 Å². The van der Waals surface area contributed by atoms with E-state index in [1.807, 2.05) is 13.8 Å². The van der Waals surface area contributed by atoms with Crippen molar-refractivity contribution in [3.05, 3.63) is 28.8 Å². The van der Waals surface area contributed by atoms with E-state index in [2.05, 4.69) is 32.9 Å². The highest BCUT2D eigenvalue weighted by atomic mass is 16.3. The Morgan fingerprint density at radius 1 is 1.00 bits per heavy atom. The number of hydrogen-bond donors (Lipinski definition) is 1. The molecule has 0 radical (unpaired) electrons. The fourth-order valence-corrected chi connectivity index (χ4v) is 1.39. The second-order valence-electron chi connectivity index (χ2n) is 4.71. The van der Waals surface area contributed by atoms with Crippen LogP contribution in [-0.2, 0) is 5.41 Å². The van der Waals surface area contributed by atoms with Crippen molar-refractivity contribution in [2.45, 2.75) is 47.5 Å². The summed E-state index contributed by atoms with van der Waals surface area (Å²) < 4.78 is 0. The van der Waals surface area contributed by atoms with E-state index in [-0.39, 0.29) is 12.8 Å². The highest BCUT2D eigenvalue weighted by Crippen LogP contribution is 2.29. The van der Waals surface area contributed by atoms with Crippen LogP contribution in [0.4, 0.5) is 0 Å². The minimum absolute atomic E-state index is 0. The Morgan fingerprint density at radius 2 is 1.36 bits per heavy atom. The molecule has 1 aromatic carbocycles. The first-order valence-electron chi connectivity index (χ1n) is 4.63. The van der Waals surface area contributed by atoms with Crippen LogP contribution in [0.1, 0.15) is 44.9 Å². The van der Waals surface area contributed by atoms with Gasteiger partial charge in [0.05, 0.1) is 0 Å². The van der Waals surface area contributed by atoms with E-state index in [9.17, 15) is 5.11 Å². The second-order valence-corrected chi connectivity index (χ2v) is 4.71. The minimum Gasteiger partial charge on any atom is -0.507 e. The normalized spacial score (nSPS) is 10.9. The molecule has 0 fully saturated rings. The largest absolute Gasteiger partial charge is 0.507 e. The lowest BCUT2D eigenvalue weighted by Crippen LogP contribution is -2.11. The molecule has 0 aliphatic rings. The highest BCUT2D eigenvalue weighted by Gasteiger charge is 2.15. The van der Waals surface area contributed by atoms with Crippen LogP contribution >= 0.6 is 0 Å². The van der Waals surface area contributed by atoms with Crippen molar-refractivity contribution in [1.29, 1.82) is 0 Å². The number of rotatable bonds is 0. The maximum absolute atomic E-state index is 9.60. The van der Waals surface area contributed by atoms with Crippen LogP contribution in [-0.4, -0.2) is 5.11 Å². The van der Waals surface area contributed by atoms with Crippen molar-refractivity contribution in [2.75, 3.05) is 0 Å². The van der Waals surface area contributed by atoms with Gasteiger partial charge in [-0.15, -0.1) is 0 Å². The molecule has 1 aromatic rings. The summed E-state index contributed by atoms with van der Waals surface area (Å²) in [5.41, 5.74) is 3.36. The molecule has 0 atom stereocenters. The van der Waals surface area contributed by atoms with Gasteiger partial charge in [0.15, 0.2) is 0 Å². The lowest BCUT2D eigenvalue weighted by atomic mass is 9.85. The van der Waals surface area contributed by atoms with Gasteiger partial charge in [-0.3, -0.25) is 0 Å². The molecule has 80 valence electrons. The number of benzene rings is 1. The van der Waals surface area contributed by atoms with Crippen molar-refractivity contribution in [3.63, 3.8) is 0 Å². The molecule has 0 aliphatic heterocycles. The van der Waals surface area contributed by atoms with E-state index in [1.165, 1.54) is 5.56 Å². The lowest BCUT2D eigenvalue weighted by molar-refractivity contribution is 0.465. The molecule has 1 N–H and O–H groups in total. The van der Waals surface area contributed by atoms with Gasteiger partial charge in [0.25, 0.3) is 0 Å². The third-order valence-electron chi connectivity index (χ3n) is 2.36. The van der Waals surface area contributed by atoms with E-state index in [1.54, 1.807) is 0 Å². The topological polar surface area (TPSA) is 20.2 Å². The van der Waals surface area contributed by atoms with Crippen LogP contribution in [0.5, 0.6) is 5.75 Å². The number of phenolic OH excluding ortho intramolecular Hbond substituents is 1. The van der Waals surface area contributed by atoms with Crippen molar-refractivity contribution in [3.8, 4) is 5.75 Å². The third kappa shape index (κ3) is 2.50. The van der Waals surface area contributed by atoms with Crippen LogP contribution in [0.3, 0.4) is 0 Å². The molecule has 0 saturated heterocycles.